The second-order valence-corrected chi connectivity index (χ2v) is 3.12. The summed E-state index contributed by atoms with van der Waals surface area (Å²) in [4.78, 5) is 21.0. The zero-order valence-corrected chi connectivity index (χ0v) is 8.44. The highest BCUT2D eigenvalue weighted by Crippen LogP contribution is 2.11. The molecule has 0 radical (unpaired) electrons. The minimum atomic E-state index is -0.0441. The van der Waals surface area contributed by atoms with E-state index in [0.717, 1.165) is 25.9 Å². The molecule has 0 aromatic heterocycles. The molecule has 1 fully saturated rings. The molecule has 0 aromatic carbocycles. The van der Waals surface area contributed by atoms with E-state index in [1.807, 2.05) is 0 Å². The largest absolute Gasteiger partial charge is 0.337 e. The second-order valence-electron chi connectivity index (χ2n) is 3.12. The monoisotopic (exact) mass is 193 g/mol. The molecule has 0 aromatic rings. The van der Waals surface area contributed by atoms with Crippen LogP contribution in [-0.4, -0.2) is 43.9 Å². The van der Waals surface area contributed by atoms with Crippen LogP contribution in [-0.2, 0) is 4.79 Å². The van der Waals surface area contributed by atoms with Crippen LogP contribution in [0.15, 0.2) is 21.8 Å². The summed E-state index contributed by atoms with van der Waals surface area (Å²) in [5.74, 6) is -0.0441. The van der Waals surface area contributed by atoms with Crippen LogP contribution in [0.3, 0.4) is 0 Å². The average molecular weight is 193 g/mol. The van der Waals surface area contributed by atoms with Gasteiger partial charge in [-0.3, -0.25) is 14.8 Å². The van der Waals surface area contributed by atoms with Crippen molar-refractivity contribution in [2.45, 2.75) is 12.8 Å². The third-order valence-corrected chi connectivity index (χ3v) is 2.16. The first-order valence-electron chi connectivity index (χ1n) is 4.68. The van der Waals surface area contributed by atoms with Crippen molar-refractivity contribution in [1.82, 2.24) is 4.90 Å². The maximum atomic E-state index is 11.7. The molecule has 76 valence electrons. The Morgan fingerprint density at radius 3 is 2.57 bits per heavy atom. The number of carbonyl (C=O) groups excluding carboxylic acids is 1. The lowest BCUT2D eigenvalue weighted by Gasteiger charge is -2.14. The van der Waals surface area contributed by atoms with Crippen LogP contribution in [0.5, 0.6) is 0 Å². The van der Waals surface area contributed by atoms with E-state index in [1.165, 1.54) is 0 Å². The smallest absolute Gasteiger partial charge is 0.272 e. The van der Waals surface area contributed by atoms with E-state index in [-0.39, 0.29) is 5.91 Å². The predicted octanol–water partition coefficient (Wildman–Crippen LogP) is 0.894. The first kappa shape index (κ1) is 10.6. The van der Waals surface area contributed by atoms with Gasteiger partial charge in [-0.25, -0.2) is 0 Å². The molecule has 0 atom stereocenters. The Balaban J connectivity index is 2.68. The second kappa shape index (κ2) is 5.32. The zero-order valence-electron chi connectivity index (χ0n) is 8.44. The number of hydrogen-bond donors (Lipinski definition) is 0. The fraction of sp³-hybridized carbons (Fsp3) is 0.500. The van der Waals surface area contributed by atoms with Crippen LogP contribution in [0.4, 0.5) is 0 Å². The Bertz CT molecular complexity index is 275. The zero-order chi connectivity index (χ0) is 10.4. The molecule has 1 amide bonds. The number of allylic oxidation sites excluding steroid dienone is 1. The van der Waals surface area contributed by atoms with E-state index >= 15 is 0 Å². The van der Waals surface area contributed by atoms with Gasteiger partial charge in [0.1, 0.15) is 5.70 Å². The van der Waals surface area contributed by atoms with E-state index in [1.54, 1.807) is 24.2 Å². The average Bonchev–Trinajstić information content (AvgIpc) is 2.71. The molecule has 0 spiro atoms. The van der Waals surface area contributed by atoms with Gasteiger partial charge in [-0.05, 0) is 25.6 Å². The Kier molecular flexibility index (Phi) is 4.04. The summed E-state index contributed by atoms with van der Waals surface area (Å²) in [5.41, 5.74) is 0.373. The summed E-state index contributed by atoms with van der Waals surface area (Å²) in [6.07, 6.45) is 5.31. The van der Waals surface area contributed by atoms with Crippen molar-refractivity contribution in [3.05, 3.63) is 11.8 Å². The minimum Gasteiger partial charge on any atom is -0.337 e. The topological polar surface area (TPSA) is 45.0 Å². The van der Waals surface area contributed by atoms with Gasteiger partial charge >= 0.3 is 0 Å². The number of amides is 1. The summed E-state index contributed by atoms with van der Waals surface area (Å²) in [6.45, 7) is 5.04. The van der Waals surface area contributed by atoms with Crippen LogP contribution in [0, 0.1) is 0 Å². The number of nitrogens with zero attached hydrogens (tertiary/aromatic N) is 3. The van der Waals surface area contributed by atoms with Crippen molar-refractivity contribution in [1.29, 1.82) is 0 Å². The van der Waals surface area contributed by atoms with E-state index < -0.39 is 0 Å². The van der Waals surface area contributed by atoms with Crippen molar-refractivity contribution < 1.29 is 4.79 Å². The Morgan fingerprint density at radius 1 is 1.43 bits per heavy atom. The molecule has 1 rings (SSSR count). The van der Waals surface area contributed by atoms with Gasteiger partial charge in [-0.1, -0.05) is 0 Å². The molecule has 4 nitrogen and oxygen atoms in total. The molecule has 0 bridgehead atoms. The number of rotatable bonds is 3. The van der Waals surface area contributed by atoms with Crippen LogP contribution >= 0.6 is 0 Å². The fourth-order valence-electron chi connectivity index (χ4n) is 1.42. The van der Waals surface area contributed by atoms with E-state index in [2.05, 4.69) is 16.7 Å². The van der Waals surface area contributed by atoms with Crippen molar-refractivity contribution in [3.63, 3.8) is 0 Å². The Labute approximate surface area is 84.0 Å². The maximum Gasteiger partial charge on any atom is 0.272 e. The predicted molar refractivity (Wildman–Crippen MR) is 57.9 cm³/mol. The summed E-state index contributed by atoms with van der Waals surface area (Å²) in [5, 5.41) is 0. The van der Waals surface area contributed by atoms with Crippen molar-refractivity contribution in [2.24, 2.45) is 9.98 Å². The summed E-state index contributed by atoms with van der Waals surface area (Å²) in [7, 11) is 1.65. The molecular weight excluding hydrogens is 178 g/mol. The van der Waals surface area contributed by atoms with Crippen LogP contribution < -0.4 is 0 Å². The highest BCUT2D eigenvalue weighted by molar-refractivity contribution is 5.97. The summed E-state index contributed by atoms with van der Waals surface area (Å²) in [6, 6.07) is 0. The highest BCUT2D eigenvalue weighted by atomic mass is 16.2. The maximum absolute atomic E-state index is 11.7. The number of aliphatic imine (C=N–C) groups is 2. The van der Waals surface area contributed by atoms with Gasteiger partial charge < -0.3 is 4.90 Å². The van der Waals surface area contributed by atoms with Crippen molar-refractivity contribution in [3.8, 4) is 0 Å². The SMILES string of the molecule is C=N/C(=C\C=NC)C(=O)N1CCCC1. The first-order valence-corrected chi connectivity index (χ1v) is 4.68. The molecule has 1 saturated heterocycles. The van der Waals surface area contributed by atoms with Gasteiger partial charge in [0.25, 0.3) is 5.91 Å². The van der Waals surface area contributed by atoms with Crippen molar-refractivity contribution in [2.75, 3.05) is 20.1 Å². The fourth-order valence-corrected chi connectivity index (χ4v) is 1.42. The van der Waals surface area contributed by atoms with E-state index in [0.29, 0.717) is 5.70 Å². The molecular formula is C10H15N3O. The van der Waals surface area contributed by atoms with Gasteiger partial charge in [0.15, 0.2) is 0 Å². The lowest BCUT2D eigenvalue weighted by molar-refractivity contribution is -0.126. The lowest BCUT2D eigenvalue weighted by Crippen LogP contribution is -2.28. The van der Waals surface area contributed by atoms with Gasteiger partial charge in [0.05, 0.1) is 0 Å². The molecule has 0 N–H and O–H groups in total. The molecule has 0 saturated carbocycles. The number of hydrogen-bond acceptors (Lipinski definition) is 3. The van der Waals surface area contributed by atoms with Crippen LogP contribution in [0.1, 0.15) is 12.8 Å². The van der Waals surface area contributed by atoms with Gasteiger partial charge in [0.2, 0.25) is 0 Å². The standard InChI is InChI=1S/C10H15N3O/c1-11-6-5-9(12-2)10(14)13-7-3-4-8-13/h5-6H,2-4,7-8H2,1H3/b9-5-,11-6?. The van der Waals surface area contributed by atoms with Gasteiger partial charge in [0, 0.05) is 26.4 Å². The number of likely N-dealkylation sites (tertiary alicyclic amines) is 1. The molecule has 0 aliphatic carbocycles. The van der Waals surface area contributed by atoms with Gasteiger partial charge in [-0.15, -0.1) is 0 Å². The minimum absolute atomic E-state index is 0.0441. The molecule has 1 heterocycles. The molecule has 0 unspecified atom stereocenters. The van der Waals surface area contributed by atoms with E-state index in [9.17, 15) is 4.79 Å². The summed E-state index contributed by atoms with van der Waals surface area (Å²) < 4.78 is 0. The molecule has 1 aliphatic heterocycles. The number of carbonyl (C=O) groups is 1. The third-order valence-electron chi connectivity index (χ3n) is 2.16. The normalized spacial score (nSPS) is 17.8. The van der Waals surface area contributed by atoms with Crippen molar-refractivity contribution >= 4 is 18.8 Å². The Hall–Kier alpha value is -1.45. The summed E-state index contributed by atoms with van der Waals surface area (Å²) >= 11 is 0. The first-order chi connectivity index (χ1) is 6.79. The van der Waals surface area contributed by atoms with Crippen LogP contribution in [0.2, 0.25) is 0 Å². The third kappa shape index (κ3) is 2.52. The van der Waals surface area contributed by atoms with Gasteiger partial charge in [-0.2, -0.15) is 0 Å². The Morgan fingerprint density at radius 2 is 2.07 bits per heavy atom. The lowest BCUT2D eigenvalue weighted by atomic mass is 10.3. The van der Waals surface area contributed by atoms with E-state index in [4.69, 9.17) is 0 Å². The van der Waals surface area contributed by atoms with Crippen LogP contribution in [0.25, 0.3) is 0 Å². The highest BCUT2D eigenvalue weighted by Gasteiger charge is 2.20. The molecule has 1 aliphatic rings. The quantitative estimate of drug-likeness (QED) is 0.485. The molecule has 14 heavy (non-hydrogen) atoms. The molecule has 4 heteroatoms.